The molecule has 0 aromatic heterocycles. The van der Waals surface area contributed by atoms with Gasteiger partial charge in [0.05, 0.1) is 5.92 Å². The van der Waals surface area contributed by atoms with Crippen LogP contribution in [0.5, 0.6) is 0 Å². The minimum Gasteiger partial charge on any atom is -0.343 e. The van der Waals surface area contributed by atoms with Crippen LogP contribution in [0.25, 0.3) is 0 Å². The summed E-state index contributed by atoms with van der Waals surface area (Å²) in [4.78, 5) is 51.5. The maximum absolute atomic E-state index is 14.1. The molecule has 4 aliphatic heterocycles. The van der Waals surface area contributed by atoms with E-state index in [0.29, 0.717) is 32.1 Å². The van der Waals surface area contributed by atoms with E-state index in [1.165, 1.54) is 0 Å². The van der Waals surface area contributed by atoms with Gasteiger partial charge in [0.2, 0.25) is 11.8 Å². The molecule has 0 spiro atoms. The summed E-state index contributed by atoms with van der Waals surface area (Å²) in [7, 11) is 2.18. The van der Waals surface area contributed by atoms with Gasteiger partial charge in [0.25, 0.3) is 0 Å². The standard InChI is InChI=1S/C35H47BrN6O3/c1-25-21-26(7-8-31(25)36)22-28(34(44)41-15-9-29(10-16-41)39-19-17-38(2)18-20-39)23-33(43)40-13-11-30(12-14-40)42-24-27-5-3-4-6-32(27)37-35(42)45/h3-8,21,28-30H,9-20,22-24H2,1-2H3,(H,37,45). The molecule has 0 radical (unpaired) electrons. The molecule has 10 heteroatoms. The maximum atomic E-state index is 14.1. The number of carbonyl (C=O) groups is 3. The summed E-state index contributed by atoms with van der Waals surface area (Å²) in [5.41, 5.74) is 4.22. The quantitative estimate of drug-likeness (QED) is 0.464. The number of nitrogens with zero attached hydrogens (tertiary/aromatic N) is 5. The zero-order valence-corrected chi connectivity index (χ0v) is 28.3. The van der Waals surface area contributed by atoms with Gasteiger partial charge in [-0.15, -0.1) is 0 Å². The number of likely N-dealkylation sites (N-methyl/N-ethyl adjacent to an activating group) is 1. The van der Waals surface area contributed by atoms with E-state index in [1.54, 1.807) is 0 Å². The Morgan fingerprint density at radius 2 is 1.56 bits per heavy atom. The highest BCUT2D eigenvalue weighted by molar-refractivity contribution is 9.10. The number of halogens is 1. The molecule has 45 heavy (non-hydrogen) atoms. The molecule has 3 fully saturated rings. The Morgan fingerprint density at radius 1 is 0.889 bits per heavy atom. The van der Waals surface area contributed by atoms with Gasteiger partial charge < -0.3 is 24.9 Å². The van der Waals surface area contributed by atoms with Crippen molar-refractivity contribution in [2.24, 2.45) is 5.92 Å². The highest BCUT2D eigenvalue weighted by atomic mass is 79.9. The third-order valence-corrected chi connectivity index (χ3v) is 11.3. The van der Waals surface area contributed by atoms with Crippen LogP contribution in [-0.2, 0) is 22.6 Å². The van der Waals surface area contributed by atoms with Crippen molar-refractivity contribution in [1.29, 1.82) is 0 Å². The molecule has 9 nitrogen and oxygen atoms in total. The molecule has 3 saturated heterocycles. The lowest BCUT2D eigenvalue weighted by Gasteiger charge is -2.43. The largest absolute Gasteiger partial charge is 0.343 e. The van der Waals surface area contributed by atoms with Crippen molar-refractivity contribution in [3.63, 3.8) is 0 Å². The first kappa shape index (κ1) is 32.0. The summed E-state index contributed by atoms with van der Waals surface area (Å²) >= 11 is 3.60. The van der Waals surface area contributed by atoms with Crippen molar-refractivity contribution in [2.45, 2.75) is 64.1 Å². The number of fused-ring (bicyclic) bond motifs is 1. The van der Waals surface area contributed by atoms with E-state index in [4.69, 9.17) is 0 Å². The van der Waals surface area contributed by atoms with Crippen LogP contribution < -0.4 is 5.32 Å². The van der Waals surface area contributed by atoms with Crippen molar-refractivity contribution in [2.75, 3.05) is 64.7 Å². The minimum absolute atomic E-state index is 0.0430. The molecular weight excluding hydrogens is 632 g/mol. The predicted molar refractivity (Wildman–Crippen MR) is 180 cm³/mol. The summed E-state index contributed by atoms with van der Waals surface area (Å²) in [5.74, 6) is -0.235. The van der Waals surface area contributed by atoms with E-state index < -0.39 is 0 Å². The number of hydrogen-bond donors (Lipinski definition) is 1. The molecule has 0 bridgehead atoms. The molecule has 1 unspecified atom stereocenters. The van der Waals surface area contributed by atoms with Crippen LogP contribution in [0, 0.1) is 12.8 Å². The zero-order valence-electron chi connectivity index (χ0n) is 26.7. The predicted octanol–water partition coefficient (Wildman–Crippen LogP) is 4.58. The van der Waals surface area contributed by atoms with Gasteiger partial charge in [0.15, 0.2) is 0 Å². The number of amides is 4. The fourth-order valence-corrected chi connectivity index (χ4v) is 7.79. The Bertz CT molecular complexity index is 1380. The normalized spacial score (nSPS) is 21.4. The number of nitrogens with one attached hydrogen (secondary N) is 1. The number of carbonyl (C=O) groups excluding carboxylic acids is 3. The molecule has 6 rings (SSSR count). The number of aryl methyl sites for hydroxylation is 1. The van der Waals surface area contributed by atoms with Crippen molar-refractivity contribution in [3.8, 4) is 0 Å². The number of likely N-dealkylation sites (tertiary alicyclic amines) is 2. The lowest BCUT2D eigenvalue weighted by Crippen LogP contribution is -2.54. The van der Waals surface area contributed by atoms with E-state index in [2.05, 4.69) is 63.2 Å². The van der Waals surface area contributed by atoms with Crippen molar-refractivity contribution >= 4 is 39.5 Å². The smallest absolute Gasteiger partial charge is 0.322 e. The average molecular weight is 680 g/mol. The lowest BCUT2D eigenvalue weighted by molar-refractivity contribution is -0.143. The second-order valence-corrected chi connectivity index (χ2v) is 14.3. The number of rotatable bonds is 7. The molecule has 4 amide bonds. The molecule has 0 saturated carbocycles. The molecule has 2 aromatic rings. The van der Waals surface area contributed by atoms with Gasteiger partial charge in [0.1, 0.15) is 0 Å². The van der Waals surface area contributed by atoms with Gasteiger partial charge in [-0.1, -0.05) is 46.3 Å². The molecule has 0 aliphatic carbocycles. The van der Waals surface area contributed by atoms with Crippen LogP contribution in [0.1, 0.15) is 48.8 Å². The van der Waals surface area contributed by atoms with Gasteiger partial charge in [-0.3, -0.25) is 14.5 Å². The molecule has 242 valence electrons. The van der Waals surface area contributed by atoms with Crippen LogP contribution in [0.4, 0.5) is 10.5 Å². The zero-order chi connectivity index (χ0) is 31.5. The summed E-state index contributed by atoms with van der Waals surface area (Å²) < 4.78 is 1.05. The summed E-state index contributed by atoms with van der Waals surface area (Å²) in [6.45, 7) is 9.77. The van der Waals surface area contributed by atoms with Gasteiger partial charge in [-0.2, -0.15) is 0 Å². The lowest BCUT2D eigenvalue weighted by atomic mass is 9.91. The topological polar surface area (TPSA) is 79.4 Å². The van der Waals surface area contributed by atoms with Crippen LogP contribution in [0.15, 0.2) is 46.9 Å². The second-order valence-electron chi connectivity index (χ2n) is 13.4. The fraction of sp³-hybridized carbons (Fsp3) is 0.571. The maximum Gasteiger partial charge on any atom is 0.322 e. The van der Waals surface area contributed by atoms with E-state index in [0.717, 1.165) is 91.8 Å². The molecule has 4 aliphatic rings. The van der Waals surface area contributed by atoms with Crippen molar-refractivity contribution in [1.82, 2.24) is 24.5 Å². The number of benzene rings is 2. The third-order valence-electron chi connectivity index (χ3n) is 10.4. The van der Waals surface area contributed by atoms with E-state index in [9.17, 15) is 14.4 Å². The Balaban J connectivity index is 1.07. The van der Waals surface area contributed by atoms with Crippen LogP contribution in [0.3, 0.4) is 0 Å². The Labute approximate surface area is 276 Å². The first-order valence-corrected chi connectivity index (χ1v) is 17.4. The average Bonchev–Trinajstić information content (AvgIpc) is 3.06. The highest BCUT2D eigenvalue weighted by Crippen LogP contribution is 2.29. The fourth-order valence-electron chi connectivity index (χ4n) is 7.55. The molecule has 1 atom stereocenters. The second kappa shape index (κ2) is 14.2. The van der Waals surface area contributed by atoms with E-state index >= 15 is 0 Å². The monoisotopic (exact) mass is 678 g/mol. The molecule has 4 heterocycles. The third kappa shape index (κ3) is 7.55. The number of anilines is 1. The van der Waals surface area contributed by atoms with E-state index in [-0.39, 0.29) is 36.2 Å². The Hall–Kier alpha value is -2.95. The SMILES string of the molecule is Cc1cc(CC(CC(=O)N2CCC(N3Cc4ccccc4NC3=O)CC2)C(=O)N2CCC(N3CCN(C)CC3)CC2)ccc1Br. The number of piperidine rings is 2. The van der Waals surface area contributed by atoms with Crippen molar-refractivity contribution in [3.05, 3.63) is 63.6 Å². The van der Waals surface area contributed by atoms with Gasteiger partial charge in [-0.25, -0.2) is 4.79 Å². The summed E-state index contributed by atoms with van der Waals surface area (Å²) in [5, 5.41) is 3.02. The summed E-state index contributed by atoms with van der Waals surface area (Å²) in [6.07, 6.45) is 4.25. The first-order valence-electron chi connectivity index (χ1n) is 16.6. The van der Waals surface area contributed by atoms with Crippen LogP contribution in [-0.4, -0.2) is 114 Å². The van der Waals surface area contributed by atoms with Crippen LogP contribution in [0.2, 0.25) is 0 Å². The van der Waals surface area contributed by atoms with Gasteiger partial charge >= 0.3 is 6.03 Å². The first-order chi connectivity index (χ1) is 21.7. The van der Waals surface area contributed by atoms with Crippen LogP contribution >= 0.6 is 15.9 Å². The van der Waals surface area contributed by atoms with E-state index in [1.807, 2.05) is 39.0 Å². The Kier molecular flexibility index (Phi) is 10.1. The van der Waals surface area contributed by atoms with Gasteiger partial charge in [-0.05, 0) is 74.9 Å². The Morgan fingerprint density at radius 3 is 2.27 bits per heavy atom. The molecular formula is C35H47BrN6O3. The number of hydrogen-bond acceptors (Lipinski definition) is 5. The van der Waals surface area contributed by atoms with Crippen molar-refractivity contribution < 1.29 is 14.4 Å². The van der Waals surface area contributed by atoms with Gasteiger partial charge in [0, 0.05) is 87.6 Å². The molecule has 2 aromatic carbocycles. The molecule has 1 N–H and O–H groups in total. The highest BCUT2D eigenvalue weighted by Gasteiger charge is 2.36. The number of urea groups is 1. The summed E-state index contributed by atoms with van der Waals surface area (Å²) in [6, 6.07) is 14.7. The number of para-hydroxylation sites is 1. The number of piperazine rings is 1. The minimum atomic E-state index is -0.389.